The summed E-state index contributed by atoms with van der Waals surface area (Å²) in [5, 5.41) is 0. The lowest BCUT2D eigenvalue weighted by atomic mass is 10.1. The van der Waals surface area contributed by atoms with Crippen LogP contribution in [-0.4, -0.2) is 8.32 Å². The average molecular weight is 209 g/mol. The minimum absolute atomic E-state index is 0.596. The van der Waals surface area contributed by atoms with Gasteiger partial charge in [0.25, 0.3) is 0 Å². The third-order valence-corrected chi connectivity index (χ3v) is 2.81. The second-order valence-corrected chi connectivity index (χ2v) is 8.94. The maximum Gasteiger partial charge on any atom is 0.242 e. The zero-order valence-electron chi connectivity index (χ0n) is 9.42. The Balaban J connectivity index is 2.87. The van der Waals surface area contributed by atoms with E-state index in [1.54, 1.807) is 0 Å². The lowest BCUT2D eigenvalue weighted by molar-refractivity contribution is 0.557. The summed E-state index contributed by atoms with van der Waals surface area (Å²) in [5.41, 5.74) is 8.00. The van der Waals surface area contributed by atoms with Crippen molar-refractivity contribution in [3.8, 4) is 5.75 Å². The van der Waals surface area contributed by atoms with Crippen LogP contribution < -0.4 is 10.2 Å². The highest BCUT2D eigenvalue weighted by molar-refractivity contribution is 6.70. The van der Waals surface area contributed by atoms with Gasteiger partial charge in [-0.2, -0.15) is 0 Å². The number of rotatable bonds is 3. The Hall–Kier alpha value is -0.803. The van der Waals surface area contributed by atoms with Crippen molar-refractivity contribution in [2.24, 2.45) is 5.73 Å². The average Bonchev–Trinajstić information content (AvgIpc) is 2.01. The smallest absolute Gasteiger partial charge is 0.242 e. The minimum Gasteiger partial charge on any atom is -0.544 e. The Kier molecular flexibility index (Phi) is 3.34. The summed E-state index contributed by atoms with van der Waals surface area (Å²) < 4.78 is 5.88. The van der Waals surface area contributed by atoms with Crippen LogP contribution in [0.25, 0.3) is 0 Å². The van der Waals surface area contributed by atoms with E-state index in [0.717, 1.165) is 5.75 Å². The van der Waals surface area contributed by atoms with E-state index < -0.39 is 8.32 Å². The molecule has 0 saturated carbocycles. The second kappa shape index (κ2) is 4.15. The Labute approximate surface area is 87.2 Å². The molecule has 14 heavy (non-hydrogen) atoms. The Morgan fingerprint density at radius 2 is 1.93 bits per heavy atom. The van der Waals surface area contributed by atoms with Gasteiger partial charge < -0.3 is 10.2 Å². The quantitative estimate of drug-likeness (QED) is 0.777. The summed E-state index contributed by atoms with van der Waals surface area (Å²) in [5.74, 6) is 0.971. The van der Waals surface area contributed by atoms with Gasteiger partial charge in [-0.15, -0.1) is 0 Å². The third-order valence-electron chi connectivity index (χ3n) is 1.96. The number of hydrogen-bond acceptors (Lipinski definition) is 2. The van der Waals surface area contributed by atoms with Gasteiger partial charge in [-0.25, -0.2) is 0 Å². The standard InChI is InChI=1S/C11H19NOSi/c1-9-7-11(13-14(2,3)4)6-5-10(9)8-12/h5-7H,8,12H2,1-4H3. The zero-order chi connectivity index (χ0) is 10.8. The molecule has 0 amide bonds. The van der Waals surface area contributed by atoms with Gasteiger partial charge in [-0.05, 0) is 49.8 Å². The molecule has 0 aliphatic rings. The fourth-order valence-electron chi connectivity index (χ4n) is 1.31. The maximum absolute atomic E-state index is 5.88. The SMILES string of the molecule is Cc1cc(O[Si](C)(C)C)ccc1CN. The molecule has 0 radical (unpaired) electrons. The molecule has 0 unspecified atom stereocenters. The molecule has 1 aromatic rings. The molecule has 0 bridgehead atoms. The second-order valence-electron chi connectivity index (χ2n) is 4.51. The van der Waals surface area contributed by atoms with Crippen molar-refractivity contribution in [3.05, 3.63) is 29.3 Å². The van der Waals surface area contributed by atoms with Crippen molar-refractivity contribution in [3.63, 3.8) is 0 Å². The van der Waals surface area contributed by atoms with E-state index >= 15 is 0 Å². The van der Waals surface area contributed by atoms with Crippen LogP contribution in [0.15, 0.2) is 18.2 Å². The first-order valence-corrected chi connectivity index (χ1v) is 8.32. The van der Waals surface area contributed by atoms with Crippen molar-refractivity contribution in [1.82, 2.24) is 0 Å². The lowest BCUT2D eigenvalue weighted by Crippen LogP contribution is -2.29. The van der Waals surface area contributed by atoms with Crippen LogP contribution >= 0.6 is 0 Å². The molecule has 0 aliphatic heterocycles. The van der Waals surface area contributed by atoms with Gasteiger partial charge >= 0.3 is 0 Å². The number of hydrogen-bond donors (Lipinski definition) is 1. The van der Waals surface area contributed by atoms with Gasteiger partial charge in [0, 0.05) is 6.54 Å². The molecule has 0 atom stereocenters. The van der Waals surface area contributed by atoms with Gasteiger partial charge in [0.1, 0.15) is 5.75 Å². The summed E-state index contributed by atoms with van der Waals surface area (Å²) in [6, 6.07) is 6.12. The Bertz CT molecular complexity index is 318. The number of aryl methyl sites for hydroxylation is 1. The Morgan fingerprint density at radius 3 is 2.36 bits per heavy atom. The molecule has 0 saturated heterocycles. The first-order chi connectivity index (χ1) is 6.42. The molecule has 0 fully saturated rings. The highest BCUT2D eigenvalue weighted by atomic mass is 28.4. The first-order valence-electron chi connectivity index (χ1n) is 4.91. The van der Waals surface area contributed by atoms with E-state index in [0.29, 0.717) is 6.54 Å². The monoisotopic (exact) mass is 209 g/mol. The fraction of sp³-hybridized carbons (Fsp3) is 0.455. The van der Waals surface area contributed by atoms with Crippen molar-refractivity contribution in [2.75, 3.05) is 0 Å². The van der Waals surface area contributed by atoms with Crippen molar-refractivity contribution in [1.29, 1.82) is 0 Å². The van der Waals surface area contributed by atoms with E-state index in [9.17, 15) is 0 Å². The number of nitrogens with two attached hydrogens (primary N) is 1. The van der Waals surface area contributed by atoms with Crippen molar-refractivity contribution < 1.29 is 4.43 Å². The van der Waals surface area contributed by atoms with Crippen LogP contribution in [0.5, 0.6) is 5.75 Å². The van der Waals surface area contributed by atoms with E-state index in [1.807, 2.05) is 12.1 Å². The predicted molar refractivity (Wildman–Crippen MR) is 63.0 cm³/mol. The summed E-state index contributed by atoms with van der Waals surface area (Å²) in [7, 11) is -1.48. The van der Waals surface area contributed by atoms with Crippen LogP contribution in [-0.2, 0) is 6.54 Å². The summed E-state index contributed by atoms with van der Waals surface area (Å²) >= 11 is 0. The lowest BCUT2D eigenvalue weighted by Gasteiger charge is -2.19. The van der Waals surface area contributed by atoms with E-state index in [4.69, 9.17) is 10.2 Å². The molecular weight excluding hydrogens is 190 g/mol. The number of benzene rings is 1. The first kappa shape index (κ1) is 11.3. The largest absolute Gasteiger partial charge is 0.544 e. The van der Waals surface area contributed by atoms with Crippen LogP contribution in [0.3, 0.4) is 0 Å². The molecule has 3 heteroatoms. The van der Waals surface area contributed by atoms with Gasteiger partial charge in [-0.1, -0.05) is 6.07 Å². The molecule has 0 aromatic heterocycles. The zero-order valence-corrected chi connectivity index (χ0v) is 10.4. The Morgan fingerprint density at radius 1 is 1.29 bits per heavy atom. The van der Waals surface area contributed by atoms with Crippen LogP contribution in [0.4, 0.5) is 0 Å². The molecule has 1 rings (SSSR count). The van der Waals surface area contributed by atoms with Crippen LogP contribution in [0, 0.1) is 6.92 Å². The topological polar surface area (TPSA) is 35.2 Å². The molecule has 2 nitrogen and oxygen atoms in total. The molecular formula is C11H19NOSi. The summed E-state index contributed by atoms with van der Waals surface area (Å²) in [4.78, 5) is 0. The van der Waals surface area contributed by atoms with Gasteiger partial charge in [0.15, 0.2) is 0 Å². The maximum atomic E-state index is 5.88. The normalized spacial score (nSPS) is 11.5. The van der Waals surface area contributed by atoms with E-state index in [2.05, 4.69) is 32.6 Å². The third kappa shape index (κ3) is 3.16. The predicted octanol–water partition coefficient (Wildman–Crippen LogP) is 2.67. The summed E-state index contributed by atoms with van der Waals surface area (Å²) in [6.45, 7) is 9.20. The van der Waals surface area contributed by atoms with Crippen molar-refractivity contribution >= 4 is 8.32 Å². The molecule has 78 valence electrons. The van der Waals surface area contributed by atoms with E-state index in [-0.39, 0.29) is 0 Å². The van der Waals surface area contributed by atoms with Crippen molar-refractivity contribution in [2.45, 2.75) is 33.1 Å². The van der Waals surface area contributed by atoms with Gasteiger partial charge in [0.05, 0.1) is 0 Å². The van der Waals surface area contributed by atoms with Crippen LogP contribution in [0.1, 0.15) is 11.1 Å². The summed E-state index contributed by atoms with van der Waals surface area (Å²) in [6.07, 6.45) is 0. The fourth-order valence-corrected chi connectivity index (χ4v) is 2.15. The molecule has 0 aliphatic carbocycles. The molecule has 0 heterocycles. The molecule has 2 N–H and O–H groups in total. The van der Waals surface area contributed by atoms with Crippen LogP contribution in [0.2, 0.25) is 19.6 Å². The highest BCUT2D eigenvalue weighted by Gasteiger charge is 2.16. The molecule has 1 aromatic carbocycles. The molecule has 0 spiro atoms. The minimum atomic E-state index is -1.48. The van der Waals surface area contributed by atoms with E-state index in [1.165, 1.54) is 11.1 Å². The van der Waals surface area contributed by atoms with Gasteiger partial charge in [0.2, 0.25) is 8.32 Å². The van der Waals surface area contributed by atoms with Gasteiger partial charge in [-0.3, -0.25) is 0 Å². The highest BCUT2D eigenvalue weighted by Crippen LogP contribution is 2.20.